The van der Waals surface area contributed by atoms with Gasteiger partial charge in [0.2, 0.25) is 5.91 Å². The molecule has 3 rings (SSSR count). The Labute approximate surface area is 249 Å². The molecule has 42 heavy (non-hydrogen) atoms. The number of ether oxygens (including phenoxy) is 1. The lowest BCUT2D eigenvalue weighted by molar-refractivity contribution is -0.147. The van der Waals surface area contributed by atoms with E-state index in [2.05, 4.69) is 66.5 Å². The summed E-state index contributed by atoms with van der Waals surface area (Å²) in [6.07, 6.45) is 7.71. The molecule has 0 aliphatic carbocycles. The van der Waals surface area contributed by atoms with Gasteiger partial charge < -0.3 is 20.0 Å². The third-order valence-electron chi connectivity index (χ3n) is 7.94. The van der Waals surface area contributed by atoms with E-state index < -0.39 is 17.9 Å². The first-order chi connectivity index (χ1) is 20.1. The molecule has 1 aromatic heterocycles. The van der Waals surface area contributed by atoms with Gasteiger partial charge in [0.25, 0.3) is 0 Å². The number of aromatic nitrogens is 1. The van der Waals surface area contributed by atoms with Crippen molar-refractivity contribution < 1.29 is 19.1 Å². The van der Waals surface area contributed by atoms with Gasteiger partial charge in [0.1, 0.15) is 0 Å². The van der Waals surface area contributed by atoms with E-state index in [4.69, 9.17) is 10.1 Å². The molecule has 3 atom stereocenters. The molecule has 1 heterocycles. The molecule has 224 valence electrons. The van der Waals surface area contributed by atoms with Crippen molar-refractivity contribution in [2.24, 2.45) is 18.9 Å². The Balaban J connectivity index is 1.77. The van der Waals surface area contributed by atoms with Crippen molar-refractivity contribution in [1.29, 1.82) is 5.41 Å². The molecule has 3 aromatic rings. The van der Waals surface area contributed by atoms with Crippen molar-refractivity contribution in [1.82, 2.24) is 9.88 Å². The third kappa shape index (κ3) is 8.28. The van der Waals surface area contributed by atoms with Gasteiger partial charge in [-0.15, -0.1) is 13.2 Å². The lowest BCUT2D eigenvalue weighted by Crippen LogP contribution is -2.44. The fraction of sp³-hybridized carbons (Fsp3) is 0.429. The minimum absolute atomic E-state index is 0.0206. The molecule has 0 aliphatic rings. The largest absolute Gasteiger partial charge is 0.469 e. The second-order valence-corrected chi connectivity index (χ2v) is 11.4. The molecule has 2 N–H and O–H groups in total. The summed E-state index contributed by atoms with van der Waals surface area (Å²) < 4.78 is 7.06. The minimum Gasteiger partial charge on any atom is -0.469 e. The normalized spacial score (nSPS) is 13.3. The Hall–Kier alpha value is -4.00. The fourth-order valence-electron chi connectivity index (χ4n) is 5.56. The van der Waals surface area contributed by atoms with Crippen molar-refractivity contribution >= 4 is 45.2 Å². The van der Waals surface area contributed by atoms with Crippen molar-refractivity contribution in [3.05, 3.63) is 72.8 Å². The number of unbranched alkanes of at least 4 members (excludes halogenated alkanes) is 1. The number of amides is 1. The van der Waals surface area contributed by atoms with Crippen LogP contribution < -0.4 is 5.32 Å². The minimum atomic E-state index is -0.702. The van der Waals surface area contributed by atoms with Gasteiger partial charge in [-0.05, 0) is 80.8 Å². The summed E-state index contributed by atoms with van der Waals surface area (Å²) in [5.41, 5.74) is 5.13. The monoisotopic (exact) mass is 571 g/mol. The summed E-state index contributed by atoms with van der Waals surface area (Å²) in [4.78, 5) is 38.9. The molecular formula is C35H45N3O4. The maximum absolute atomic E-state index is 13.4. The Morgan fingerprint density at radius 3 is 2.26 bits per heavy atom. The number of carbonyl (C=O) groups is 3. The molecule has 1 unspecified atom stereocenters. The molecule has 0 saturated carbocycles. The van der Waals surface area contributed by atoms with E-state index in [1.54, 1.807) is 13.0 Å². The smallest absolute Gasteiger partial charge is 0.309 e. The van der Waals surface area contributed by atoms with Gasteiger partial charge in [0.05, 0.1) is 19.1 Å². The third-order valence-corrected chi connectivity index (χ3v) is 7.94. The van der Waals surface area contributed by atoms with E-state index in [9.17, 15) is 14.4 Å². The summed E-state index contributed by atoms with van der Waals surface area (Å²) in [5.74, 6) is -1.83. The first-order valence-electron chi connectivity index (χ1n) is 14.8. The highest BCUT2D eigenvalue weighted by Crippen LogP contribution is 2.30. The highest BCUT2D eigenvalue weighted by atomic mass is 16.5. The quantitative estimate of drug-likeness (QED) is 0.0820. The number of fused-ring (bicyclic) bond motifs is 3. The number of aryl methyl sites for hydroxylation is 1. The van der Waals surface area contributed by atoms with Crippen LogP contribution in [0.25, 0.3) is 21.8 Å². The first-order valence-corrected chi connectivity index (χ1v) is 14.8. The van der Waals surface area contributed by atoms with E-state index >= 15 is 0 Å². The number of Topliss-reactive ketones (excluding diaryl/α,β-unsaturated/α-hetero) is 1. The van der Waals surface area contributed by atoms with Crippen molar-refractivity contribution in [3.8, 4) is 0 Å². The molecule has 7 nitrogen and oxygen atoms in total. The maximum atomic E-state index is 13.4. The van der Waals surface area contributed by atoms with Crippen LogP contribution in [0, 0.1) is 17.2 Å². The van der Waals surface area contributed by atoms with Crippen LogP contribution in [0.1, 0.15) is 63.5 Å². The van der Waals surface area contributed by atoms with Gasteiger partial charge in [-0.25, -0.2) is 0 Å². The van der Waals surface area contributed by atoms with Crippen LogP contribution >= 0.6 is 0 Å². The van der Waals surface area contributed by atoms with Gasteiger partial charge in [-0.1, -0.05) is 37.6 Å². The second kappa shape index (κ2) is 15.3. The number of esters is 1. The number of rotatable bonds is 17. The average Bonchev–Trinajstić information content (AvgIpc) is 3.24. The zero-order valence-electron chi connectivity index (χ0n) is 25.5. The van der Waals surface area contributed by atoms with Crippen molar-refractivity contribution in [2.75, 3.05) is 7.11 Å². The summed E-state index contributed by atoms with van der Waals surface area (Å²) in [6.45, 7) is 11.2. The van der Waals surface area contributed by atoms with E-state index in [-0.39, 0.29) is 24.0 Å². The van der Waals surface area contributed by atoms with Crippen molar-refractivity contribution in [3.63, 3.8) is 0 Å². The van der Waals surface area contributed by atoms with E-state index in [0.29, 0.717) is 37.8 Å². The van der Waals surface area contributed by atoms with E-state index in [1.807, 2.05) is 13.0 Å². The zero-order chi connectivity index (χ0) is 30.8. The molecule has 0 spiro atoms. The topological polar surface area (TPSA) is 101 Å². The molecule has 0 bridgehead atoms. The van der Waals surface area contributed by atoms with Gasteiger partial charge in [-0.2, -0.15) is 0 Å². The van der Waals surface area contributed by atoms with E-state index in [0.717, 1.165) is 34.8 Å². The number of ketones is 1. The number of nitrogens with one attached hydrogen (secondary N) is 2. The molecule has 0 radical (unpaired) electrons. The van der Waals surface area contributed by atoms with Gasteiger partial charge in [0, 0.05) is 46.9 Å². The molecule has 0 aliphatic heterocycles. The van der Waals surface area contributed by atoms with Crippen LogP contribution in [0.5, 0.6) is 0 Å². The number of hydrogen-bond acceptors (Lipinski definition) is 5. The number of hydrogen-bond donors (Lipinski definition) is 2. The van der Waals surface area contributed by atoms with Crippen molar-refractivity contribution in [2.45, 2.75) is 71.3 Å². The molecule has 0 fully saturated rings. The maximum Gasteiger partial charge on any atom is 0.309 e. The predicted molar refractivity (Wildman–Crippen MR) is 171 cm³/mol. The lowest BCUT2D eigenvalue weighted by atomic mass is 9.92. The summed E-state index contributed by atoms with van der Waals surface area (Å²) >= 11 is 0. The van der Waals surface area contributed by atoms with Crippen LogP contribution in [0.2, 0.25) is 0 Å². The van der Waals surface area contributed by atoms with Crippen LogP contribution in [-0.4, -0.2) is 41.1 Å². The van der Waals surface area contributed by atoms with Gasteiger partial charge >= 0.3 is 5.97 Å². The van der Waals surface area contributed by atoms with Gasteiger partial charge in [-0.3, -0.25) is 14.4 Å². The Morgan fingerprint density at radius 1 is 1.02 bits per heavy atom. The average molecular weight is 572 g/mol. The summed E-state index contributed by atoms with van der Waals surface area (Å²) in [6, 6.07) is 12.1. The Morgan fingerprint density at radius 2 is 1.67 bits per heavy atom. The molecule has 0 saturated heterocycles. The molecule has 1 amide bonds. The van der Waals surface area contributed by atoms with Crippen LogP contribution in [0.3, 0.4) is 0 Å². The lowest BCUT2D eigenvalue weighted by Gasteiger charge is -2.22. The number of benzene rings is 2. The highest BCUT2D eigenvalue weighted by molar-refractivity contribution is 6.08. The van der Waals surface area contributed by atoms with Gasteiger partial charge in [0.15, 0.2) is 5.78 Å². The van der Waals surface area contributed by atoms with Crippen LogP contribution in [-0.2, 0) is 39.0 Å². The Bertz CT molecular complexity index is 1470. The first kappa shape index (κ1) is 32.5. The molecule has 2 aromatic carbocycles. The fourth-order valence-corrected chi connectivity index (χ4v) is 5.56. The molecular weight excluding hydrogens is 526 g/mol. The predicted octanol–water partition coefficient (Wildman–Crippen LogP) is 6.65. The summed E-state index contributed by atoms with van der Waals surface area (Å²) in [7, 11) is 3.37. The van der Waals surface area contributed by atoms with E-state index in [1.165, 1.54) is 18.1 Å². The number of carbonyl (C=O) groups excluding carboxylic acids is 3. The Kier molecular flexibility index (Phi) is 11.8. The van der Waals surface area contributed by atoms with Crippen LogP contribution in [0.15, 0.2) is 61.7 Å². The van der Waals surface area contributed by atoms with Crippen LogP contribution in [0.4, 0.5) is 0 Å². The standard InChI is InChI=1S/C35H45N3O4/c1-7-11-25-15-17-31-28(20-25)29-21-26(16-18-32(29)38(31)5)19-23(3)34(40)37-30(14-10-9-13-24(4)36)33(39)22-27(12-8-2)35(41)42-6/h7-8,15-18,20-21,23,27,30,36H,1-2,9-14,19,22H2,3-6H3,(H,37,40)/t23?,27-,30+/m1/s1. The highest BCUT2D eigenvalue weighted by Gasteiger charge is 2.28. The second-order valence-electron chi connectivity index (χ2n) is 11.4. The number of methoxy groups -OCH3 is 1. The molecule has 7 heteroatoms. The number of nitrogens with zero attached hydrogens (tertiary/aromatic N) is 1. The number of allylic oxidation sites excluding steroid dienone is 2. The zero-order valence-corrected chi connectivity index (χ0v) is 25.5. The summed E-state index contributed by atoms with van der Waals surface area (Å²) in [5, 5.41) is 13.0. The SMILES string of the molecule is C=CCc1ccc2c(c1)c1cc(CC(C)C(=O)N[C@@H](CCCCC(C)=N)C(=O)C[C@@H](CC=C)C(=O)OC)ccc1n2C.